The number of aromatic nitrogens is 1. The molecule has 0 atom stereocenters. The van der Waals surface area contributed by atoms with Crippen LogP contribution in [0.25, 0.3) is 38.6 Å². The van der Waals surface area contributed by atoms with Crippen LogP contribution in [0.2, 0.25) is 0 Å². The van der Waals surface area contributed by atoms with Crippen LogP contribution in [-0.2, 0) is 32.5 Å². The number of rotatable bonds is 4. The van der Waals surface area contributed by atoms with Crippen molar-refractivity contribution >= 4 is 79.0 Å². The molecule has 3 nitrogen and oxygen atoms in total. The second-order valence-corrected chi connectivity index (χ2v) is 28.5. The SMILES string of the molecule is CC(C)(C)c1cc(N2c3ccc(C(C)(C)C)cc3B3c4cc(C(C)(C)C)ccc4N(c4cc(C(C)(C)C)cc(C(C)(C)C)c4)c4cc(-c5cccc6c7ccccc7n(-c7ccccc7)c56)cc2c43)cc(C(C)(C)C)c1. The van der Waals surface area contributed by atoms with Crippen LogP contribution < -0.4 is 26.2 Å². The Morgan fingerprint density at radius 2 is 0.724 bits per heavy atom. The number of fused-ring (bicyclic) bond motifs is 7. The van der Waals surface area contributed by atoms with E-state index in [0.29, 0.717) is 0 Å². The molecule has 3 heterocycles. The number of hydrogen-bond acceptors (Lipinski definition) is 2. The fourth-order valence-electron chi connectivity index (χ4n) is 12.0. The van der Waals surface area contributed by atoms with Gasteiger partial charge in [-0.25, -0.2) is 0 Å². The van der Waals surface area contributed by atoms with Crippen LogP contribution >= 0.6 is 0 Å². The molecule has 11 rings (SSSR count). The minimum Gasteiger partial charge on any atom is -0.311 e. The lowest BCUT2D eigenvalue weighted by atomic mass is 9.33. The van der Waals surface area contributed by atoms with E-state index in [1.54, 1.807) is 0 Å². The Bertz CT molecular complexity index is 3540. The number of hydrogen-bond donors (Lipinski definition) is 0. The molecule has 9 aromatic rings. The predicted octanol–water partition coefficient (Wildman–Crippen LogP) is 18.3. The molecular weight excluding hydrogens is 918 g/mol. The molecule has 8 aromatic carbocycles. The molecule has 2 aliphatic rings. The molecule has 0 saturated carbocycles. The highest BCUT2D eigenvalue weighted by Crippen LogP contribution is 2.50. The van der Waals surface area contributed by atoms with Crippen LogP contribution in [0.1, 0.15) is 158 Å². The van der Waals surface area contributed by atoms with Gasteiger partial charge in [0.05, 0.1) is 11.0 Å². The summed E-state index contributed by atoms with van der Waals surface area (Å²) in [7, 11) is 0. The lowest BCUT2D eigenvalue weighted by Crippen LogP contribution is -2.61. The maximum absolute atomic E-state index is 2.67. The van der Waals surface area contributed by atoms with E-state index < -0.39 is 0 Å². The first-order valence-electron chi connectivity index (χ1n) is 28.0. The maximum atomic E-state index is 2.67. The van der Waals surface area contributed by atoms with Crippen LogP contribution in [-0.4, -0.2) is 11.3 Å². The van der Waals surface area contributed by atoms with Gasteiger partial charge in [-0.3, -0.25) is 0 Å². The van der Waals surface area contributed by atoms with Gasteiger partial charge in [0.25, 0.3) is 6.71 Å². The molecule has 0 bridgehead atoms. The number of para-hydroxylation sites is 3. The fraction of sp³-hybridized carbons (Fsp3) is 0.333. The summed E-state index contributed by atoms with van der Waals surface area (Å²) in [5.41, 5.74) is 24.9. The normalized spacial score (nSPS) is 14.1. The molecule has 0 spiro atoms. The molecule has 0 amide bonds. The lowest BCUT2D eigenvalue weighted by Gasteiger charge is -2.46. The molecule has 76 heavy (non-hydrogen) atoms. The highest BCUT2D eigenvalue weighted by atomic mass is 15.2. The Labute approximate surface area is 456 Å². The summed E-state index contributed by atoms with van der Waals surface area (Å²) < 4.78 is 2.50. The molecule has 0 radical (unpaired) electrons. The molecule has 0 fully saturated rings. The van der Waals surface area contributed by atoms with Crippen molar-refractivity contribution in [2.75, 3.05) is 9.80 Å². The highest BCUT2D eigenvalue weighted by molar-refractivity contribution is 7.00. The Hall–Kier alpha value is -6.78. The van der Waals surface area contributed by atoms with Crippen LogP contribution in [0.4, 0.5) is 34.1 Å². The molecule has 2 aliphatic heterocycles. The first-order valence-corrected chi connectivity index (χ1v) is 28.0. The first kappa shape index (κ1) is 51.3. The van der Waals surface area contributed by atoms with Gasteiger partial charge >= 0.3 is 0 Å². The second-order valence-electron chi connectivity index (χ2n) is 28.5. The van der Waals surface area contributed by atoms with Crippen molar-refractivity contribution in [1.29, 1.82) is 0 Å². The molecule has 0 unspecified atom stereocenters. The van der Waals surface area contributed by atoms with Crippen molar-refractivity contribution < 1.29 is 0 Å². The van der Waals surface area contributed by atoms with E-state index >= 15 is 0 Å². The third-order valence-corrected chi connectivity index (χ3v) is 16.6. The van der Waals surface area contributed by atoms with E-state index in [1.807, 2.05) is 0 Å². The van der Waals surface area contributed by atoms with Gasteiger partial charge in [0.2, 0.25) is 0 Å². The third kappa shape index (κ3) is 8.69. The minimum absolute atomic E-state index is 0.0477. The van der Waals surface area contributed by atoms with Crippen molar-refractivity contribution in [3.05, 3.63) is 191 Å². The summed E-state index contributed by atoms with van der Waals surface area (Å²) in [6, 6.07) is 61.8. The second kappa shape index (κ2) is 17.4. The Balaban J connectivity index is 1.35. The van der Waals surface area contributed by atoms with Gasteiger partial charge in [-0.2, -0.15) is 0 Å². The van der Waals surface area contributed by atoms with Crippen molar-refractivity contribution in [3.8, 4) is 16.8 Å². The zero-order valence-corrected chi connectivity index (χ0v) is 48.9. The van der Waals surface area contributed by atoms with Gasteiger partial charge in [0, 0.05) is 56.1 Å². The average molecular weight is 998 g/mol. The van der Waals surface area contributed by atoms with Crippen LogP contribution in [0.15, 0.2) is 158 Å². The standard InChI is InChI=1S/C72H80BN3/c1-67(2,3)46-31-33-61-58(43-46)73-59-44-47(68(4,5)6)32-34-62(59)75(54-41-50(71(13,14)15)38-51(42-54)72(16,17)18)64-36-45(35-63(65(64)73)74(61)53-39-48(69(7,8)9)37-49(40-53)70(10,11)12)55-28-24-29-57-56-27-22-23-30-60(56)76(66(55)57)52-25-20-19-21-26-52/h19-44H,1-18H3. The molecule has 0 N–H and O–H groups in total. The number of nitrogens with zero attached hydrogens (tertiary/aromatic N) is 3. The zero-order valence-electron chi connectivity index (χ0n) is 48.9. The van der Waals surface area contributed by atoms with Gasteiger partial charge in [-0.05, 0) is 155 Å². The van der Waals surface area contributed by atoms with Gasteiger partial charge in [0.1, 0.15) is 0 Å². The van der Waals surface area contributed by atoms with Gasteiger partial charge in [0.15, 0.2) is 0 Å². The van der Waals surface area contributed by atoms with E-state index in [2.05, 4.69) is 297 Å². The summed E-state index contributed by atoms with van der Waals surface area (Å²) >= 11 is 0. The third-order valence-electron chi connectivity index (χ3n) is 16.6. The topological polar surface area (TPSA) is 11.4 Å². The number of anilines is 6. The Morgan fingerprint density at radius 1 is 0.316 bits per heavy atom. The van der Waals surface area contributed by atoms with Crippen molar-refractivity contribution in [1.82, 2.24) is 4.57 Å². The summed E-state index contributed by atoms with van der Waals surface area (Å²) in [6.07, 6.45) is 0. The highest BCUT2D eigenvalue weighted by Gasteiger charge is 2.45. The van der Waals surface area contributed by atoms with Gasteiger partial charge < -0.3 is 14.4 Å². The van der Waals surface area contributed by atoms with Crippen LogP contribution in [0.5, 0.6) is 0 Å². The van der Waals surface area contributed by atoms with E-state index in [9.17, 15) is 0 Å². The van der Waals surface area contributed by atoms with Crippen LogP contribution in [0, 0.1) is 0 Å². The summed E-state index contributed by atoms with van der Waals surface area (Å²) in [6.45, 7) is 42.5. The van der Waals surface area contributed by atoms with E-state index in [0.717, 1.165) is 5.69 Å². The molecule has 0 saturated heterocycles. The molecular formula is C72H80BN3. The molecule has 386 valence electrons. The van der Waals surface area contributed by atoms with Crippen molar-refractivity contribution in [2.24, 2.45) is 0 Å². The lowest BCUT2D eigenvalue weighted by molar-refractivity contribution is 0.568. The van der Waals surface area contributed by atoms with Crippen molar-refractivity contribution in [2.45, 2.75) is 157 Å². The summed E-state index contributed by atoms with van der Waals surface area (Å²) in [5, 5.41) is 2.50. The first-order chi connectivity index (χ1) is 35.5. The fourth-order valence-corrected chi connectivity index (χ4v) is 12.0. The van der Waals surface area contributed by atoms with Gasteiger partial charge in [-0.1, -0.05) is 216 Å². The summed E-state index contributed by atoms with van der Waals surface area (Å²) in [5.74, 6) is 0. The van der Waals surface area contributed by atoms with Crippen LogP contribution in [0.3, 0.4) is 0 Å². The Kier molecular flexibility index (Phi) is 11.7. The smallest absolute Gasteiger partial charge is 0.252 e. The van der Waals surface area contributed by atoms with E-state index in [-0.39, 0.29) is 39.2 Å². The summed E-state index contributed by atoms with van der Waals surface area (Å²) in [4.78, 5) is 5.34. The average Bonchev–Trinajstić information content (AvgIpc) is 3.86. The maximum Gasteiger partial charge on any atom is 0.252 e. The minimum atomic E-state index is -0.0864. The van der Waals surface area contributed by atoms with Gasteiger partial charge in [-0.15, -0.1) is 0 Å². The van der Waals surface area contributed by atoms with Crippen molar-refractivity contribution in [3.63, 3.8) is 0 Å². The zero-order chi connectivity index (χ0) is 54.4. The quantitative estimate of drug-likeness (QED) is 0.163. The molecule has 4 heteroatoms. The molecule has 1 aromatic heterocycles. The Morgan fingerprint density at radius 3 is 1.16 bits per heavy atom. The number of benzene rings is 8. The van der Waals surface area contributed by atoms with E-state index in [4.69, 9.17) is 0 Å². The molecule has 0 aliphatic carbocycles. The monoisotopic (exact) mass is 998 g/mol. The predicted molar refractivity (Wildman–Crippen MR) is 332 cm³/mol. The largest absolute Gasteiger partial charge is 0.311 e. The van der Waals surface area contributed by atoms with E-state index in [1.165, 1.54) is 117 Å².